The van der Waals surface area contributed by atoms with Gasteiger partial charge in [0, 0.05) is 11.8 Å². The molecule has 3 N–H and O–H groups in total. The molecule has 4 heteroatoms. The second-order valence-corrected chi connectivity index (χ2v) is 4.34. The van der Waals surface area contributed by atoms with E-state index in [-0.39, 0.29) is 11.8 Å². The van der Waals surface area contributed by atoms with E-state index in [4.69, 9.17) is 0 Å². The fourth-order valence-corrected chi connectivity index (χ4v) is 2.40. The second kappa shape index (κ2) is 4.39. The molecule has 0 amide bonds. The van der Waals surface area contributed by atoms with Crippen LogP contribution in [0.25, 0.3) is 0 Å². The molecule has 0 aromatic rings. The lowest BCUT2D eigenvalue weighted by molar-refractivity contribution is 0.0680. The van der Waals surface area contributed by atoms with Crippen molar-refractivity contribution in [2.24, 2.45) is 16.8 Å². The molecule has 0 bridgehead atoms. The monoisotopic (exact) mass is 222 g/mol. The van der Waals surface area contributed by atoms with Crippen LogP contribution in [0, 0.1) is 11.8 Å². The van der Waals surface area contributed by atoms with Crippen molar-refractivity contribution in [2.45, 2.75) is 32.2 Å². The molecule has 2 rings (SSSR count). The number of aliphatic imine (C=N–C) groups is 1. The first-order valence-electron chi connectivity index (χ1n) is 5.70. The number of dihydropyridines is 1. The van der Waals surface area contributed by atoms with E-state index >= 15 is 0 Å². The zero-order valence-electron chi connectivity index (χ0n) is 9.43. The van der Waals surface area contributed by atoms with Crippen LogP contribution in [0.5, 0.6) is 0 Å². The lowest BCUT2D eigenvalue weighted by Gasteiger charge is -2.38. The van der Waals surface area contributed by atoms with E-state index in [9.17, 15) is 10.2 Å². The largest absolute Gasteiger partial charge is 0.373 e. The normalized spacial score (nSPS) is 37.9. The number of amidine groups is 1. The molecule has 88 valence electrons. The molecular formula is C12H18N2O2. The van der Waals surface area contributed by atoms with Crippen molar-refractivity contribution in [3.05, 3.63) is 24.3 Å². The predicted molar refractivity (Wildman–Crippen MR) is 62.8 cm³/mol. The quantitative estimate of drug-likeness (QED) is 0.647. The molecule has 2 aliphatic heterocycles. The average molecular weight is 222 g/mol. The Kier molecular flexibility index (Phi) is 3.12. The van der Waals surface area contributed by atoms with E-state index in [1.165, 1.54) is 0 Å². The maximum absolute atomic E-state index is 9.83. The Morgan fingerprint density at radius 2 is 2.38 bits per heavy atom. The van der Waals surface area contributed by atoms with Gasteiger partial charge in [0.15, 0.2) is 6.23 Å². The average Bonchev–Trinajstić information content (AvgIpc) is 2.26. The topological polar surface area (TPSA) is 64.9 Å². The summed E-state index contributed by atoms with van der Waals surface area (Å²) in [6.45, 7) is 5.82. The van der Waals surface area contributed by atoms with Gasteiger partial charge in [-0.1, -0.05) is 19.6 Å². The highest BCUT2D eigenvalue weighted by atomic mass is 16.3. The van der Waals surface area contributed by atoms with Gasteiger partial charge in [-0.25, -0.2) is 4.99 Å². The maximum Gasteiger partial charge on any atom is 0.166 e. The van der Waals surface area contributed by atoms with Crippen molar-refractivity contribution in [3.63, 3.8) is 0 Å². The number of hydrogen-bond acceptors (Lipinski definition) is 4. The van der Waals surface area contributed by atoms with E-state index in [0.717, 1.165) is 18.4 Å². The van der Waals surface area contributed by atoms with Gasteiger partial charge in [-0.3, -0.25) is 0 Å². The number of nitrogens with one attached hydrogen (secondary N) is 1. The van der Waals surface area contributed by atoms with Gasteiger partial charge in [0.05, 0.1) is 0 Å². The van der Waals surface area contributed by atoms with Crippen LogP contribution in [0.1, 0.15) is 19.8 Å². The van der Waals surface area contributed by atoms with Gasteiger partial charge in [0.25, 0.3) is 0 Å². The number of hydrogen-bond donors (Lipinski definition) is 3. The molecule has 0 radical (unpaired) electrons. The molecule has 0 aliphatic carbocycles. The third kappa shape index (κ3) is 1.90. The summed E-state index contributed by atoms with van der Waals surface area (Å²) in [5.41, 5.74) is 0.996. The third-order valence-electron chi connectivity index (χ3n) is 3.39. The van der Waals surface area contributed by atoms with Gasteiger partial charge in [-0.15, -0.1) is 0 Å². The van der Waals surface area contributed by atoms with Crippen molar-refractivity contribution >= 4 is 5.84 Å². The van der Waals surface area contributed by atoms with Gasteiger partial charge < -0.3 is 15.5 Å². The Morgan fingerprint density at radius 3 is 3.00 bits per heavy atom. The smallest absolute Gasteiger partial charge is 0.166 e. The molecule has 4 nitrogen and oxygen atoms in total. The molecule has 0 saturated carbocycles. The van der Waals surface area contributed by atoms with Crippen LogP contribution in [0.4, 0.5) is 0 Å². The van der Waals surface area contributed by atoms with Crippen LogP contribution in [-0.2, 0) is 0 Å². The Hall–Kier alpha value is -1.13. The van der Waals surface area contributed by atoms with Crippen LogP contribution < -0.4 is 5.32 Å². The summed E-state index contributed by atoms with van der Waals surface area (Å²) in [6, 6.07) is 0. The Labute approximate surface area is 95.4 Å². The zero-order chi connectivity index (χ0) is 11.7. The van der Waals surface area contributed by atoms with E-state index in [1.807, 2.05) is 0 Å². The number of aliphatic hydroxyl groups excluding tert-OH is 2. The van der Waals surface area contributed by atoms with Crippen LogP contribution >= 0.6 is 0 Å². The predicted octanol–water partition coefficient (Wildman–Crippen LogP) is 0.783. The highest BCUT2D eigenvalue weighted by molar-refractivity contribution is 5.89. The molecule has 16 heavy (non-hydrogen) atoms. The van der Waals surface area contributed by atoms with Gasteiger partial charge in [0.2, 0.25) is 0 Å². The van der Waals surface area contributed by atoms with Crippen LogP contribution in [-0.4, -0.2) is 28.5 Å². The highest BCUT2D eigenvalue weighted by Gasteiger charge is 2.35. The van der Waals surface area contributed by atoms with Gasteiger partial charge in [-0.05, 0) is 24.5 Å². The summed E-state index contributed by atoms with van der Waals surface area (Å²) < 4.78 is 0. The molecule has 2 heterocycles. The Morgan fingerprint density at radius 1 is 1.62 bits per heavy atom. The van der Waals surface area contributed by atoms with Crippen LogP contribution in [0.3, 0.4) is 0 Å². The molecule has 0 aromatic carbocycles. The number of fused-ring (bicyclic) bond motifs is 1. The summed E-state index contributed by atoms with van der Waals surface area (Å²) >= 11 is 0. The fraction of sp³-hybridized carbons (Fsp3) is 0.583. The Balaban J connectivity index is 2.24. The summed E-state index contributed by atoms with van der Waals surface area (Å²) in [4.78, 5) is 4.10. The van der Waals surface area contributed by atoms with Gasteiger partial charge in [0.1, 0.15) is 12.1 Å². The minimum atomic E-state index is -0.822. The summed E-state index contributed by atoms with van der Waals surface area (Å²) in [6.07, 6.45) is 3.87. The van der Waals surface area contributed by atoms with E-state index in [2.05, 4.69) is 23.8 Å². The van der Waals surface area contributed by atoms with Crippen molar-refractivity contribution in [2.75, 3.05) is 0 Å². The lowest BCUT2D eigenvalue weighted by atomic mass is 9.81. The van der Waals surface area contributed by atoms with E-state index in [0.29, 0.717) is 5.84 Å². The fourth-order valence-electron chi connectivity index (χ4n) is 2.40. The van der Waals surface area contributed by atoms with Gasteiger partial charge >= 0.3 is 0 Å². The molecular weight excluding hydrogens is 204 g/mol. The summed E-state index contributed by atoms with van der Waals surface area (Å²) in [7, 11) is 0. The zero-order valence-corrected chi connectivity index (χ0v) is 9.43. The molecule has 4 unspecified atom stereocenters. The number of rotatable bonds is 2. The molecule has 0 aromatic heterocycles. The van der Waals surface area contributed by atoms with Crippen molar-refractivity contribution in [1.82, 2.24) is 5.32 Å². The van der Waals surface area contributed by atoms with Crippen molar-refractivity contribution in [1.29, 1.82) is 0 Å². The molecule has 1 fully saturated rings. The van der Waals surface area contributed by atoms with Crippen molar-refractivity contribution < 1.29 is 10.2 Å². The number of nitrogens with zero attached hydrogens (tertiary/aromatic N) is 1. The minimum Gasteiger partial charge on any atom is -0.373 e. The highest BCUT2D eigenvalue weighted by Crippen LogP contribution is 2.32. The molecule has 0 spiro atoms. The molecule has 2 aliphatic rings. The minimum absolute atomic E-state index is 0.147. The first kappa shape index (κ1) is 11.4. The Bertz CT molecular complexity index is 349. The number of aliphatic hydroxyl groups is 2. The molecule has 1 saturated heterocycles. The standard InChI is InChI=1S/C12H18N2O2/c1-3-7-6-10(15)13-11-9(7)5-8(4-2)12(16)14-11/h3,6,8-10,12,15-16H,1,4-5H2,2H3,(H,13,14). The van der Waals surface area contributed by atoms with Crippen molar-refractivity contribution in [3.8, 4) is 0 Å². The van der Waals surface area contributed by atoms with Crippen LogP contribution in [0.2, 0.25) is 0 Å². The first-order valence-corrected chi connectivity index (χ1v) is 5.70. The van der Waals surface area contributed by atoms with Crippen LogP contribution in [0.15, 0.2) is 29.3 Å². The third-order valence-corrected chi connectivity index (χ3v) is 3.39. The second-order valence-electron chi connectivity index (χ2n) is 4.34. The lowest BCUT2D eigenvalue weighted by Crippen LogP contribution is -2.51. The first-order chi connectivity index (χ1) is 7.65. The SMILES string of the molecule is C=CC1=CC(O)N=C2NC(O)C(CC)CC12. The summed E-state index contributed by atoms with van der Waals surface area (Å²) in [5.74, 6) is 1.05. The number of piperidine rings is 1. The van der Waals surface area contributed by atoms with E-state index < -0.39 is 12.5 Å². The summed E-state index contributed by atoms with van der Waals surface area (Å²) in [5, 5.41) is 22.3. The van der Waals surface area contributed by atoms with E-state index in [1.54, 1.807) is 12.2 Å². The van der Waals surface area contributed by atoms with Gasteiger partial charge in [-0.2, -0.15) is 0 Å². The number of allylic oxidation sites excluding steroid dienone is 1. The molecule has 4 atom stereocenters. The maximum atomic E-state index is 9.83.